The van der Waals surface area contributed by atoms with Gasteiger partial charge in [-0.15, -0.1) is 0 Å². The van der Waals surface area contributed by atoms with E-state index in [-0.39, 0.29) is 6.04 Å². The maximum absolute atomic E-state index is 13.0. The molecular weight excluding hydrogens is 349 g/mol. The molecule has 10 heteroatoms. The van der Waals surface area contributed by atoms with Crippen molar-refractivity contribution in [3.05, 3.63) is 48.3 Å². The van der Waals surface area contributed by atoms with E-state index >= 15 is 0 Å². The molecule has 0 amide bonds. The van der Waals surface area contributed by atoms with Crippen molar-refractivity contribution >= 4 is 28.6 Å². The molecule has 27 heavy (non-hydrogen) atoms. The molecule has 0 aliphatic heterocycles. The van der Waals surface area contributed by atoms with Crippen LogP contribution in [0.3, 0.4) is 0 Å². The summed E-state index contributed by atoms with van der Waals surface area (Å²) in [7, 11) is 1.89. The first-order chi connectivity index (χ1) is 13.0. The van der Waals surface area contributed by atoms with E-state index in [0.717, 1.165) is 23.5 Å². The molecule has 0 spiro atoms. The molecule has 9 nitrogen and oxygen atoms in total. The summed E-state index contributed by atoms with van der Waals surface area (Å²) >= 11 is 0. The number of rotatable bonds is 5. The highest BCUT2D eigenvalue weighted by atomic mass is 19.1. The second-order valence-electron chi connectivity index (χ2n) is 6.29. The predicted molar refractivity (Wildman–Crippen MR) is 99.1 cm³/mol. The number of nitrogens with zero attached hydrogens (tertiary/aromatic N) is 6. The van der Waals surface area contributed by atoms with Crippen molar-refractivity contribution in [1.82, 2.24) is 34.5 Å². The second kappa shape index (κ2) is 6.63. The smallest absolute Gasteiger partial charge is 0.227 e. The summed E-state index contributed by atoms with van der Waals surface area (Å²) in [4.78, 5) is 24.6. The van der Waals surface area contributed by atoms with Crippen LogP contribution in [0.5, 0.6) is 0 Å². The fourth-order valence-electron chi connectivity index (χ4n) is 2.70. The van der Waals surface area contributed by atoms with Gasteiger partial charge in [0.05, 0.1) is 30.1 Å². The molecule has 0 aliphatic carbocycles. The zero-order valence-corrected chi connectivity index (χ0v) is 15.0. The van der Waals surface area contributed by atoms with Gasteiger partial charge in [-0.1, -0.05) is 0 Å². The maximum Gasteiger partial charge on any atom is 0.227 e. The van der Waals surface area contributed by atoms with Crippen LogP contribution in [0.1, 0.15) is 24.5 Å². The molecule has 4 aromatic rings. The van der Waals surface area contributed by atoms with Crippen LogP contribution in [0.4, 0.5) is 22.0 Å². The Balaban J connectivity index is 1.67. The summed E-state index contributed by atoms with van der Waals surface area (Å²) < 4.78 is 14.9. The lowest BCUT2D eigenvalue weighted by Gasteiger charge is -2.13. The molecule has 0 unspecified atom stereocenters. The molecule has 4 rings (SSSR count). The monoisotopic (exact) mass is 367 g/mol. The number of anilines is 3. The number of H-pyrrole nitrogens is 1. The zero-order valence-electron chi connectivity index (χ0n) is 15.0. The minimum atomic E-state index is -0.479. The van der Waals surface area contributed by atoms with E-state index in [9.17, 15) is 4.39 Å². The summed E-state index contributed by atoms with van der Waals surface area (Å²) in [5.41, 5.74) is 1.66. The first-order valence-corrected chi connectivity index (χ1v) is 8.34. The number of aromatic nitrogens is 7. The van der Waals surface area contributed by atoms with Gasteiger partial charge in [-0.3, -0.25) is 0 Å². The SMILES string of the molecule is Cc1cc2c(Nc3cn(C)cn3)nc(N[C@@H](C)c3ncc(F)cn3)nc2[nH]1. The van der Waals surface area contributed by atoms with Gasteiger partial charge in [-0.05, 0) is 19.9 Å². The maximum atomic E-state index is 13.0. The van der Waals surface area contributed by atoms with Gasteiger partial charge in [0.2, 0.25) is 5.95 Å². The Kier molecular flexibility index (Phi) is 4.15. The Morgan fingerprint density at radius 2 is 1.96 bits per heavy atom. The van der Waals surface area contributed by atoms with Gasteiger partial charge >= 0.3 is 0 Å². The summed E-state index contributed by atoms with van der Waals surface area (Å²) in [5.74, 6) is 1.66. The molecule has 4 heterocycles. The largest absolute Gasteiger partial charge is 0.344 e. The van der Waals surface area contributed by atoms with E-state index < -0.39 is 5.82 Å². The van der Waals surface area contributed by atoms with E-state index in [2.05, 4.69) is 40.5 Å². The standard InChI is InChI=1S/C17H18FN9/c1-9-4-12-15(22-9)25-17(23-10(2)14-19-5-11(18)6-20-14)26-16(12)24-13-7-27(3)8-21-13/h4-8,10H,1-3H3,(H3,22,23,24,25,26)/t10-/m0/s1. The van der Waals surface area contributed by atoms with Gasteiger partial charge in [0.15, 0.2) is 5.82 Å². The molecule has 0 saturated carbocycles. The molecule has 0 radical (unpaired) electrons. The third-order valence-corrected chi connectivity index (χ3v) is 3.95. The third kappa shape index (κ3) is 3.54. The number of nitrogens with one attached hydrogen (secondary N) is 3. The minimum Gasteiger partial charge on any atom is -0.344 e. The van der Waals surface area contributed by atoms with Crippen molar-refractivity contribution < 1.29 is 4.39 Å². The van der Waals surface area contributed by atoms with Crippen LogP contribution in [0, 0.1) is 12.7 Å². The van der Waals surface area contributed by atoms with Crippen LogP contribution < -0.4 is 10.6 Å². The van der Waals surface area contributed by atoms with Crippen LogP contribution >= 0.6 is 0 Å². The molecular formula is C17H18FN9. The highest BCUT2D eigenvalue weighted by Crippen LogP contribution is 2.26. The average molecular weight is 367 g/mol. The summed E-state index contributed by atoms with van der Waals surface area (Å²) in [6, 6.07) is 1.67. The Morgan fingerprint density at radius 3 is 2.67 bits per heavy atom. The molecule has 0 fully saturated rings. The Bertz CT molecular complexity index is 1080. The number of aryl methyl sites for hydroxylation is 2. The Hall–Kier alpha value is -3.56. The normalized spacial score (nSPS) is 12.3. The Morgan fingerprint density at radius 1 is 1.19 bits per heavy atom. The van der Waals surface area contributed by atoms with Gasteiger partial charge in [-0.25, -0.2) is 19.3 Å². The van der Waals surface area contributed by atoms with Crippen molar-refractivity contribution in [1.29, 1.82) is 0 Å². The lowest BCUT2D eigenvalue weighted by atomic mass is 10.3. The highest BCUT2D eigenvalue weighted by Gasteiger charge is 2.15. The predicted octanol–water partition coefficient (Wildman–Crippen LogP) is 2.85. The molecule has 0 bridgehead atoms. The van der Waals surface area contributed by atoms with Crippen LogP contribution in [-0.4, -0.2) is 34.5 Å². The topological polar surface area (TPSA) is 109 Å². The van der Waals surface area contributed by atoms with Crippen molar-refractivity contribution in [2.24, 2.45) is 7.05 Å². The number of hydrogen-bond donors (Lipinski definition) is 3. The van der Waals surface area contributed by atoms with Crippen molar-refractivity contribution in [3.8, 4) is 0 Å². The lowest BCUT2D eigenvalue weighted by molar-refractivity contribution is 0.604. The van der Waals surface area contributed by atoms with Crippen LogP contribution in [0.15, 0.2) is 31.0 Å². The quantitative estimate of drug-likeness (QED) is 0.497. The van der Waals surface area contributed by atoms with Gasteiger partial charge < -0.3 is 20.2 Å². The van der Waals surface area contributed by atoms with E-state index in [4.69, 9.17) is 0 Å². The van der Waals surface area contributed by atoms with Gasteiger partial charge in [0, 0.05) is 18.9 Å². The Labute approximate surface area is 154 Å². The average Bonchev–Trinajstić information content (AvgIpc) is 3.20. The molecule has 0 aliphatic rings. The van der Waals surface area contributed by atoms with E-state index in [1.807, 2.05) is 37.7 Å². The molecule has 0 saturated heterocycles. The van der Waals surface area contributed by atoms with Crippen LogP contribution in [0.2, 0.25) is 0 Å². The number of hydrogen-bond acceptors (Lipinski definition) is 7. The third-order valence-electron chi connectivity index (χ3n) is 3.95. The summed E-state index contributed by atoms with van der Waals surface area (Å²) in [5, 5.41) is 7.23. The fourth-order valence-corrected chi connectivity index (χ4v) is 2.70. The number of fused-ring (bicyclic) bond motifs is 1. The minimum absolute atomic E-state index is 0.304. The molecule has 1 atom stereocenters. The zero-order chi connectivity index (χ0) is 19.0. The van der Waals surface area contributed by atoms with Gasteiger partial charge in [-0.2, -0.15) is 9.97 Å². The molecule has 3 N–H and O–H groups in total. The lowest BCUT2D eigenvalue weighted by Crippen LogP contribution is -2.13. The van der Waals surface area contributed by atoms with Crippen molar-refractivity contribution in [2.45, 2.75) is 19.9 Å². The van der Waals surface area contributed by atoms with E-state index in [0.29, 0.717) is 29.1 Å². The number of aromatic amines is 1. The van der Waals surface area contributed by atoms with Crippen molar-refractivity contribution in [2.75, 3.05) is 10.6 Å². The van der Waals surface area contributed by atoms with Crippen LogP contribution in [0.25, 0.3) is 11.0 Å². The fraction of sp³-hybridized carbons (Fsp3) is 0.235. The number of halogens is 1. The first kappa shape index (κ1) is 16.9. The highest BCUT2D eigenvalue weighted by molar-refractivity contribution is 5.90. The van der Waals surface area contributed by atoms with E-state index in [1.165, 1.54) is 0 Å². The van der Waals surface area contributed by atoms with E-state index in [1.54, 1.807) is 6.33 Å². The molecule has 0 aromatic carbocycles. The van der Waals surface area contributed by atoms with Gasteiger partial charge in [0.1, 0.15) is 23.1 Å². The van der Waals surface area contributed by atoms with Crippen LogP contribution in [-0.2, 0) is 7.05 Å². The molecule has 4 aromatic heterocycles. The first-order valence-electron chi connectivity index (χ1n) is 8.34. The second-order valence-corrected chi connectivity index (χ2v) is 6.29. The number of imidazole rings is 1. The van der Waals surface area contributed by atoms with Gasteiger partial charge in [0.25, 0.3) is 0 Å². The summed E-state index contributed by atoms with van der Waals surface area (Å²) in [6.45, 7) is 3.81. The molecule has 138 valence electrons. The van der Waals surface area contributed by atoms with Crippen molar-refractivity contribution in [3.63, 3.8) is 0 Å². The summed E-state index contributed by atoms with van der Waals surface area (Å²) in [6.07, 6.45) is 5.83.